The summed E-state index contributed by atoms with van der Waals surface area (Å²) in [5.41, 5.74) is 0.565. The zero-order valence-electron chi connectivity index (χ0n) is 10.5. The van der Waals surface area contributed by atoms with Crippen molar-refractivity contribution in [3.8, 4) is 0 Å². The third-order valence-corrected chi connectivity index (χ3v) is 3.41. The van der Waals surface area contributed by atoms with Crippen molar-refractivity contribution in [3.05, 3.63) is 35.6 Å². The lowest BCUT2D eigenvalue weighted by molar-refractivity contribution is -0.137. The van der Waals surface area contributed by atoms with Gasteiger partial charge in [0.2, 0.25) is 5.91 Å². The van der Waals surface area contributed by atoms with Crippen LogP contribution in [0, 0.1) is 11.7 Å². The van der Waals surface area contributed by atoms with Gasteiger partial charge in [-0.3, -0.25) is 4.79 Å². The number of hydrogen-bond acceptors (Lipinski definition) is 2. The van der Waals surface area contributed by atoms with Gasteiger partial charge >= 0.3 is 0 Å². The van der Waals surface area contributed by atoms with Crippen LogP contribution in [-0.4, -0.2) is 30.9 Å². The summed E-state index contributed by atoms with van der Waals surface area (Å²) in [5, 5.41) is 3.07. The van der Waals surface area contributed by atoms with E-state index in [4.69, 9.17) is 0 Å². The largest absolute Gasteiger partial charge is 0.339 e. The Kier molecular flexibility index (Phi) is 5.11. The minimum absolute atomic E-state index is 0. The highest BCUT2D eigenvalue weighted by molar-refractivity contribution is 5.85. The van der Waals surface area contributed by atoms with Crippen LogP contribution in [0.5, 0.6) is 0 Å². The van der Waals surface area contributed by atoms with Gasteiger partial charge in [0.05, 0.1) is 12.0 Å². The molecule has 1 heterocycles. The molecule has 0 radical (unpaired) electrons. The van der Waals surface area contributed by atoms with Crippen LogP contribution in [0.3, 0.4) is 0 Å². The summed E-state index contributed by atoms with van der Waals surface area (Å²) in [5.74, 6) is -0.125. The molecule has 1 aliphatic rings. The van der Waals surface area contributed by atoms with Gasteiger partial charge < -0.3 is 10.2 Å². The number of halogens is 2. The van der Waals surface area contributed by atoms with Crippen LogP contribution >= 0.6 is 12.4 Å². The summed E-state index contributed by atoms with van der Waals surface area (Å²) < 4.78 is 13.6. The first-order valence-electron chi connectivity index (χ1n) is 5.83. The summed E-state index contributed by atoms with van der Waals surface area (Å²) in [6.45, 7) is 3.31. The molecule has 2 rings (SSSR count). The fourth-order valence-corrected chi connectivity index (χ4v) is 1.96. The van der Waals surface area contributed by atoms with E-state index < -0.39 is 0 Å². The van der Waals surface area contributed by atoms with Crippen LogP contribution in [0.4, 0.5) is 4.39 Å². The molecule has 0 bridgehead atoms. The highest BCUT2D eigenvalue weighted by Crippen LogP contribution is 2.23. The van der Waals surface area contributed by atoms with Crippen LogP contribution in [0.15, 0.2) is 24.3 Å². The quantitative estimate of drug-likeness (QED) is 0.913. The molecule has 1 fully saturated rings. The minimum atomic E-state index is -0.258. The van der Waals surface area contributed by atoms with Crippen LogP contribution in [0.25, 0.3) is 0 Å². The summed E-state index contributed by atoms with van der Waals surface area (Å²) >= 11 is 0. The lowest BCUT2D eigenvalue weighted by Gasteiger charge is -2.33. The molecule has 100 valence electrons. The Balaban J connectivity index is 0.00000162. The number of amides is 1. The van der Waals surface area contributed by atoms with Crippen molar-refractivity contribution in [2.24, 2.45) is 5.92 Å². The van der Waals surface area contributed by atoms with Crippen molar-refractivity contribution in [1.29, 1.82) is 0 Å². The number of hydrogen-bond donors (Lipinski definition) is 1. The van der Waals surface area contributed by atoms with Gasteiger partial charge in [0.15, 0.2) is 0 Å². The van der Waals surface area contributed by atoms with Crippen molar-refractivity contribution in [2.75, 3.05) is 20.1 Å². The van der Waals surface area contributed by atoms with E-state index in [1.54, 1.807) is 30.1 Å². The van der Waals surface area contributed by atoms with Gasteiger partial charge in [-0.25, -0.2) is 4.39 Å². The molecule has 1 aromatic carbocycles. The molecule has 1 unspecified atom stereocenters. The molecule has 1 saturated heterocycles. The number of rotatable bonds is 3. The van der Waals surface area contributed by atoms with Crippen molar-refractivity contribution < 1.29 is 9.18 Å². The Labute approximate surface area is 113 Å². The third kappa shape index (κ3) is 2.82. The van der Waals surface area contributed by atoms with Crippen molar-refractivity contribution >= 4 is 18.3 Å². The van der Waals surface area contributed by atoms with Gasteiger partial charge in [-0.15, -0.1) is 12.4 Å². The van der Waals surface area contributed by atoms with E-state index in [0.29, 0.717) is 5.56 Å². The molecule has 0 aromatic heterocycles. The van der Waals surface area contributed by atoms with Crippen molar-refractivity contribution in [3.63, 3.8) is 0 Å². The molecule has 5 heteroatoms. The molecule has 18 heavy (non-hydrogen) atoms. The fraction of sp³-hybridized carbons (Fsp3) is 0.462. The maximum absolute atomic E-state index is 13.6. The molecule has 1 N–H and O–H groups in total. The van der Waals surface area contributed by atoms with Crippen LogP contribution in [0.1, 0.15) is 18.5 Å². The topological polar surface area (TPSA) is 32.3 Å². The van der Waals surface area contributed by atoms with Gasteiger partial charge in [0, 0.05) is 25.7 Å². The monoisotopic (exact) mass is 272 g/mol. The fourth-order valence-electron chi connectivity index (χ4n) is 1.96. The molecule has 0 spiro atoms. The predicted octanol–water partition coefficient (Wildman–Crippen LogP) is 1.99. The van der Waals surface area contributed by atoms with Crippen LogP contribution in [0.2, 0.25) is 0 Å². The normalized spacial score (nSPS) is 16.4. The van der Waals surface area contributed by atoms with Gasteiger partial charge in [-0.1, -0.05) is 18.2 Å². The first-order chi connectivity index (χ1) is 8.11. The van der Waals surface area contributed by atoms with E-state index in [-0.39, 0.29) is 36.1 Å². The molecule has 1 amide bonds. The number of benzene rings is 1. The molecule has 1 aliphatic heterocycles. The molecule has 1 aromatic rings. The Morgan fingerprint density at radius 2 is 2.06 bits per heavy atom. The highest BCUT2D eigenvalue weighted by atomic mass is 35.5. The van der Waals surface area contributed by atoms with Crippen molar-refractivity contribution in [1.82, 2.24) is 10.2 Å². The molecule has 3 nitrogen and oxygen atoms in total. The average molecular weight is 273 g/mol. The van der Waals surface area contributed by atoms with Crippen molar-refractivity contribution in [2.45, 2.75) is 13.0 Å². The van der Waals surface area contributed by atoms with Crippen LogP contribution in [-0.2, 0) is 4.79 Å². The average Bonchev–Trinajstić information content (AvgIpc) is 2.25. The summed E-state index contributed by atoms with van der Waals surface area (Å²) in [6, 6.07) is 6.36. The Morgan fingerprint density at radius 3 is 2.56 bits per heavy atom. The number of carbonyl (C=O) groups excluding carboxylic acids is 1. The standard InChI is InChI=1S/C13H17FN2O.ClH/c1-9(11-5-3-4-6-12(11)14)16(2)13(17)10-7-15-8-10;/h3-6,9-10,15H,7-8H2,1-2H3;1H. The SMILES string of the molecule is CC(c1ccccc1F)N(C)C(=O)C1CNC1.Cl. The van der Waals surface area contributed by atoms with E-state index >= 15 is 0 Å². The second-order valence-electron chi connectivity index (χ2n) is 4.50. The maximum Gasteiger partial charge on any atom is 0.228 e. The zero-order valence-corrected chi connectivity index (χ0v) is 11.3. The van der Waals surface area contributed by atoms with Gasteiger partial charge in [-0.2, -0.15) is 0 Å². The lowest BCUT2D eigenvalue weighted by atomic mass is 9.99. The summed E-state index contributed by atoms with van der Waals surface area (Å²) in [6.07, 6.45) is 0. The molecule has 0 saturated carbocycles. The summed E-state index contributed by atoms with van der Waals surface area (Å²) in [7, 11) is 1.73. The van der Waals surface area contributed by atoms with Gasteiger partial charge in [0.25, 0.3) is 0 Å². The molecular weight excluding hydrogens is 255 g/mol. The number of carbonyl (C=O) groups is 1. The summed E-state index contributed by atoms with van der Waals surface area (Å²) in [4.78, 5) is 13.6. The number of nitrogens with zero attached hydrogens (tertiary/aromatic N) is 1. The molecule has 0 aliphatic carbocycles. The number of nitrogens with one attached hydrogen (secondary N) is 1. The Hall–Kier alpha value is -1.13. The van der Waals surface area contributed by atoms with E-state index in [0.717, 1.165) is 13.1 Å². The first kappa shape index (κ1) is 14.9. The maximum atomic E-state index is 13.6. The van der Waals surface area contributed by atoms with Gasteiger partial charge in [-0.05, 0) is 13.0 Å². The lowest BCUT2D eigenvalue weighted by Crippen LogP contribution is -2.51. The Bertz CT molecular complexity index is 423. The van der Waals surface area contributed by atoms with E-state index in [9.17, 15) is 9.18 Å². The second-order valence-corrected chi connectivity index (χ2v) is 4.50. The zero-order chi connectivity index (χ0) is 12.4. The Morgan fingerprint density at radius 1 is 1.44 bits per heavy atom. The molecule has 1 atom stereocenters. The van der Waals surface area contributed by atoms with E-state index in [2.05, 4.69) is 5.32 Å². The third-order valence-electron chi connectivity index (χ3n) is 3.41. The smallest absolute Gasteiger partial charge is 0.228 e. The van der Waals surface area contributed by atoms with Crippen LogP contribution < -0.4 is 5.32 Å². The van der Waals surface area contributed by atoms with Gasteiger partial charge in [0.1, 0.15) is 5.82 Å². The minimum Gasteiger partial charge on any atom is -0.339 e. The molecular formula is C13H18ClFN2O. The second kappa shape index (κ2) is 6.16. The van der Waals surface area contributed by atoms with E-state index in [1.165, 1.54) is 6.07 Å². The van der Waals surface area contributed by atoms with E-state index in [1.807, 2.05) is 6.92 Å². The first-order valence-corrected chi connectivity index (χ1v) is 5.83. The highest BCUT2D eigenvalue weighted by Gasteiger charge is 2.30. The predicted molar refractivity (Wildman–Crippen MR) is 71.2 cm³/mol.